The van der Waals surface area contributed by atoms with E-state index in [9.17, 15) is 4.79 Å². The molecule has 1 aromatic heterocycles. The second-order valence-electron chi connectivity index (χ2n) is 5.70. The Bertz CT molecular complexity index is 631. The first-order chi connectivity index (χ1) is 10.7. The van der Waals surface area contributed by atoms with Gasteiger partial charge in [-0.2, -0.15) is 5.10 Å². The van der Waals surface area contributed by atoms with Crippen molar-refractivity contribution in [1.29, 1.82) is 0 Å². The third-order valence-corrected chi connectivity index (χ3v) is 3.91. The Morgan fingerprint density at radius 1 is 1.32 bits per heavy atom. The predicted octanol–water partition coefficient (Wildman–Crippen LogP) is 3.32. The minimum Gasteiger partial charge on any atom is -0.484 e. The number of para-hydroxylation sites is 1. The quantitative estimate of drug-likeness (QED) is 0.921. The lowest BCUT2D eigenvalue weighted by atomic mass is 10.2. The van der Waals surface area contributed by atoms with Crippen LogP contribution in [-0.4, -0.2) is 22.3 Å². The van der Waals surface area contributed by atoms with Crippen molar-refractivity contribution in [3.8, 4) is 5.75 Å². The first-order valence-corrected chi connectivity index (χ1v) is 7.76. The van der Waals surface area contributed by atoms with E-state index in [1.54, 1.807) is 0 Å². The van der Waals surface area contributed by atoms with Gasteiger partial charge in [0.15, 0.2) is 6.61 Å². The number of carbonyl (C=O) groups excluding carboxylic acids is 1. The molecule has 1 heterocycles. The molecule has 1 aromatic carbocycles. The van der Waals surface area contributed by atoms with Crippen LogP contribution >= 0.6 is 0 Å². The normalized spacial score (nSPS) is 15.0. The maximum absolute atomic E-state index is 12.1. The Morgan fingerprint density at radius 3 is 2.77 bits per heavy atom. The molecule has 0 unspecified atom stereocenters. The van der Waals surface area contributed by atoms with E-state index < -0.39 is 0 Å². The first kappa shape index (κ1) is 14.6. The van der Waals surface area contributed by atoms with Gasteiger partial charge < -0.3 is 10.1 Å². The van der Waals surface area contributed by atoms with Crippen molar-refractivity contribution >= 4 is 11.7 Å². The van der Waals surface area contributed by atoms with Gasteiger partial charge in [-0.15, -0.1) is 0 Å². The number of aromatic nitrogens is 2. The van der Waals surface area contributed by atoms with E-state index in [4.69, 9.17) is 4.74 Å². The van der Waals surface area contributed by atoms with E-state index in [0.29, 0.717) is 11.8 Å². The molecular formula is C17H21N3O2. The number of hydrogen-bond donors (Lipinski definition) is 1. The van der Waals surface area contributed by atoms with Gasteiger partial charge in [-0.05, 0) is 31.9 Å². The van der Waals surface area contributed by atoms with E-state index in [0.717, 1.165) is 24.4 Å². The van der Waals surface area contributed by atoms with Crippen LogP contribution < -0.4 is 10.1 Å². The van der Waals surface area contributed by atoms with Crippen molar-refractivity contribution in [2.45, 2.75) is 38.6 Å². The van der Waals surface area contributed by atoms with Gasteiger partial charge in [-0.1, -0.05) is 31.0 Å². The highest BCUT2D eigenvalue weighted by Gasteiger charge is 2.21. The van der Waals surface area contributed by atoms with Gasteiger partial charge in [0.25, 0.3) is 5.91 Å². The van der Waals surface area contributed by atoms with Crippen LogP contribution in [0.2, 0.25) is 0 Å². The Hall–Kier alpha value is -2.30. The Morgan fingerprint density at radius 2 is 2.05 bits per heavy atom. The van der Waals surface area contributed by atoms with E-state index in [1.807, 2.05) is 48.0 Å². The fraction of sp³-hybridized carbons (Fsp3) is 0.412. The topological polar surface area (TPSA) is 56.1 Å². The van der Waals surface area contributed by atoms with Crippen LogP contribution in [0.5, 0.6) is 5.75 Å². The van der Waals surface area contributed by atoms with Crippen LogP contribution in [0, 0.1) is 6.92 Å². The van der Waals surface area contributed by atoms with Gasteiger partial charge in [0.05, 0.1) is 11.7 Å². The van der Waals surface area contributed by atoms with E-state index >= 15 is 0 Å². The summed E-state index contributed by atoms with van der Waals surface area (Å²) >= 11 is 0. The van der Waals surface area contributed by atoms with Crippen molar-refractivity contribution in [3.05, 3.63) is 42.1 Å². The molecule has 1 N–H and O–H groups in total. The number of aryl methyl sites for hydroxylation is 1. The number of nitrogens with zero attached hydrogens (tertiary/aromatic N) is 2. The fourth-order valence-electron chi connectivity index (χ4n) is 2.88. The van der Waals surface area contributed by atoms with Gasteiger partial charge >= 0.3 is 0 Å². The summed E-state index contributed by atoms with van der Waals surface area (Å²) in [4.78, 5) is 12.1. The van der Waals surface area contributed by atoms with E-state index in [-0.39, 0.29) is 12.5 Å². The number of carbonyl (C=O) groups is 1. The van der Waals surface area contributed by atoms with Crippen molar-refractivity contribution in [1.82, 2.24) is 9.78 Å². The molecule has 0 radical (unpaired) electrons. The molecule has 0 spiro atoms. The second-order valence-corrected chi connectivity index (χ2v) is 5.70. The zero-order valence-corrected chi connectivity index (χ0v) is 12.8. The van der Waals surface area contributed by atoms with Crippen LogP contribution in [0.3, 0.4) is 0 Å². The maximum Gasteiger partial charge on any atom is 0.263 e. The molecule has 5 nitrogen and oxygen atoms in total. The van der Waals surface area contributed by atoms with Gasteiger partial charge in [-0.25, -0.2) is 4.68 Å². The molecule has 2 aromatic rings. The van der Waals surface area contributed by atoms with Crippen LogP contribution in [0.25, 0.3) is 0 Å². The molecule has 1 aliphatic rings. The fourth-order valence-corrected chi connectivity index (χ4v) is 2.88. The number of hydrogen-bond acceptors (Lipinski definition) is 3. The van der Waals surface area contributed by atoms with Gasteiger partial charge in [0.1, 0.15) is 11.6 Å². The Labute approximate surface area is 130 Å². The average Bonchev–Trinajstić information content (AvgIpc) is 3.16. The zero-order valence-electron chi connectivity index (χ0n) is 12.8. The highest BCUT2D eigenvalue weighted by molar-refractivity contribution is 5.91. The largest absolute Gasteiger partial charge is 0.484 e. The predicted molar refractivity (Wildman–Crippen MR) is 85.0 cm³/mol. The molecule has 0 atom stereocenters. The third-order valence-electron chi connectivity index (χ3n) is 3.91. The molecule has 1 saturated carbocycles. The van der Waals surface area contributed by atoms with Crippen LogP contribution in [0.4, 0.5) is 5.82 Å². The molecule has 1 fully saturated rings. The molecule has 0 aliphatic heterocycles. The van der Waals surface area contributed by atoms with Gasteiger partial charge in [0, 0.05) is 6.07 Å². The van der Waals surface area contributed by atoms with Gasteiger partial charge in [0.2, 0.25) is 0 Å². The van der Waals surface area contributed by atoms with Crippen LogP contribution in [0.1, 0.15) is 37.4 Å². The molecule has 1 aliphatic carbocycles. The van der Waals surface area contributed by atoms with Crippen molar-refractivity contribution in [3.63, 3.8) is 0 Å². The number of amides is 1. The highest BCUT2D eigenvalue weighted by atomic mass is 16.5. The summed E-state index contributed by atoms with van der Waals surface area (Å²) in [7, 11) is 0. The van der Waals surface area contributed by atoms with Crippen molar-refractivity contribution in [2.75, 3.05) is 11.9 Å². The summed E-state index contributed by atoms with van der Waals surface area (Å²) in [6.45, 7) is 1.94. The molecule has 22 heavy (non-hydrogen) atoms. The molecule has 1 amide bonds. The number of rotatable bonds is 5. The molecule has 0 saturated heterocycles. The lowest BCUT2D eigenvalue weighted by Crippen LogP contribution is -2.23. The number of ether oxygens (including phenoxy) is 1. The monoisotopic (exact) mass is 299 g/mol. The summed E-state index contributed by atoms with van der Waals surface area (Å²) in [6, 6.07) is 11.7. The third kappa shape index (κ3) is 3.47. The van der Waals surface area contributed by atoms with Gasteiger partial charge in [-0.3, -0.25) is 4.79 Å². The molecule has 116 valence electrons. The minimum absolute atomic E-state index is 0.00108. The first-order valence-electron chi connectivity index (χ1n) is 7.76. The summed E-state index contributed by atoms with van der Waals surface area (Å²) in [6.07, 6.45) is 4.72. The number of anilines is 1. The molecule has 0 bridgehead atoms. The van der Waals surface area contributed by atoms with E-state index in [1.165, 1.54) is 12.8 Å². The smallest absolute Gasteiger partial charge is 0.263 e. The van der Waals surface area contributed by atoms with Crippen molar-refractivity contribution in [2.24, 2.45) is 0 Å². The SMILES string of the molecule is Cc1cc(NC(=O)COc2ccccc2)n(C2CCCC2)n1. The Balaban J connectivity index is 1.61. The molecule has 3 rings (SSSR count). The number of benzene rings is 1. The molecular weight excluding hydrogens is 278 g/mol. The zero-order chi connectivity index (χ0) is 15.4. The lowest BCUT2D eigenvalue weighted by Gasteiger charge is -2.14. The summed E-state index contributed by atoms with van der Waals surface area (Å²) < 4.78 is 7.43. The summed E-state index contributed by atoms with van der Waals surface area (Å²) in [5.74, 6) is 1.30. The standard InChI is InChI=1S/C17H21N3O2/c1-13-11-16(20(19-13)14-7-5-6-8-14)18-17(21)12-22-15-9-3-2-4-10-15/h2-4,9-11,14H,5-8,12H2,1H3,(H,18,21). The van der Waals surface area contributed by atoms with E-state index in [2.05, 4.69) is 10.4 Å². The van der Waals surface area contributed by atoms with Crippen LogP contribution in [-0.2, 0) is 4.79 Å². The molecule has 5 heteroatoms. The lowest BCUT2D eigenvalue weighted by molar-refractivity contribution is -0.118. The number of nitrogens with one attached hydrogen (secondary N) is 1. The van der Waals surface area contributed by atoms with Crippen molar-refractivity contribution < 1.29 is 9.53 Å². The maximum atomic E-state index is 12.1. The summed E-state index contributed by atoms with van der Waals surface area (Å²) in [5.41, 5.74) is 0.922. The summed E-state index contributed by atoms with van der Waals surface area (Å²) in [5, 5.41) is 7.44. The van der Waals surface area contributed by atoms with Crippen LogP contribution in [0.15, 0.2) is 36.4 Å². The second kappa shape index (κ2) is 6.64. The Kier molecular flexibility index (Phi) is 4.42. The minimum atomic E-state index is -0.164. The average molecular weight is 299 g/mol. The highest BCUT2D eigenvalue weighted by Crippen LogP contribution is 2.31.